The van der Waals surface area contributed by atoms with Gasteiger partial charge in [0.05, 0.1) is 6.42 Å². The molecule has 0 saturated heterocycles. The number of amides is 1. The average molecular weight is 185 g/mol. The summed E-state index contributed by atoms with van der Waals surface area (Å²) in [6.45, 7) is 0.537. The fourth-order valence-corrected chi connectivity index (χ4v) is 0.770. The van der Waals surface area contributed by atoms with E-state index in [0.717, 1.165) is 0 Å². The molecule has 0 aliphatic heterocycles. The molecule has 1 aromatic rings. The molecule has 0 aliphatic rings. The van der Waals surface area contributed by atoms with E-state index in [2.05, 4.69) is 25.9 Å². The summed E-state index contributed by atoms with van der Waals surface area (Å²) in [5.74, 6) is 0.191. The molecule has 7 heteroatoms. The fraction of sp³-hybridized carbons (Fsp3) is 0.667. The third-order valence-corrected chi connectivity index (χ3v) is 1.36. The second kappa shape index (κ2) is 5.20. The number of rotatable bonds is 5. The van der Waals surface area contributed by atoms with Crippen molar-refractivity contribution in [2.24, 2.45) is 0 Å². The van der Waals surface area contributed by atoms with Crippen LogP contribution >= 0.6 is 0 Å². The van der Waals surface area contributed by atoms with Gasteiger partial charge in [0.1, 0.15) is 0 Å². The van der Waals surface area contributed by atoms with Crippen LogP contribution in [0.15, 0.2) is 0 Å². The number of nitrogens with one attached hydrogen (secondary N) is 2. The maximum atomic E-state index is 11.1. The number of tetrazole rings is 1. The van der Waals surface area contributed by atoms with E-state index in [9.17, 15) is 4.79 Å². The number of aliphatic hydroxyl groups excluding tert-OH is 1. The quantitative estimate of drug-likeness (QED) is 0.471. The first kappa shape index (κ1) is 9.59. The number of nitrogens with zero attached hydrogens (tertiary/aromatic N) is 3. The van der Waals surface area contributed by atoms with Crippen molar-refractivity contribution in [1.82, 2.24) is 25.9 Å². The first-order valence-electron chi connectivity index (χ1n) is 3.93. The summed E-state index contributed by atoms with van der Waals surface area (Å²) in [6.07, 6.45) is 0.667. The number of H-pyrrole nitrogens is 1. The molecular weight excluding hydrogens is 174 g/mol. The van der Waals surface area contributed by atoms with Crippen molar-refractivity contribution < 1.29 is 9.90 Å². The van der Waals surface area contributed by atoms with E-state index < -0.39 is 0 Å². The normalized spacial score (nSPS) is 9.92. The second-order valence-corrected chi connectivity index (χ2v) is 2.43. The predicted octanol–water partition coefficient (Wildman–Crippen LogP) is -1.76. The number of hydrogen-bond donors (Lipinski definition) is 3. The third-order valence-electron chi connectivity index (χ3n) is 1.36. The second-order valence-electron chi connectivity index (χ2n) is 2.43. The monoisotopic (exact) mass is 185 g/mol. The number of aliphatic hydroxyl groups is 1. The van der Waals surface area contributed by atoms with Gasteiger partial charge >= 0.3 is 0 Å². The summed E-state index contributed by atoms with van der Waals surface area (Å²) in [5, 5.41) is 23.9. The first-order valence-corrected chi connectivity index (χ1v) is 3.93. The molecular formula is C6H11N5O2. The molecule has 1 amide bonds. The lowest BCUT2D eigenvalue weighted by atomic mass is 10.3. The van der Waals surface area contributed by atoms with Crippen LogP contribution in [0.3, 0.4) is 0 Å². The van der Waals surface area contributed by atoms with Gasteiger partial charge in [-0.2, -0.15) is 5.21 Å². The fourth-order valence-electron chi connectivity index (χ4n) is 0.770. The minimum absolute atomic E-state index is 0.0719. The molecule has 0 spiro atoms. The van der Waals surface area contributed by atoms with Gasteiger partial charge in [0, 0.05) is 13.2 Å². The standard InChI is InChI=1S/C6H11N5O2/c12-3-1-2-7-6(13)4-5-8-10-11-9-5/h12H,1-4H2,(H,7,13)(H,8,9,10,11). The Morgan fingerprint density at radius 1 is 1.62 bits per heavy atom. The molecule has 0 fully saturated rings. The summed E-state index contributed by atoms with van der Waals surface area (Å²) >= 11 is 0. The average Bonchev–Trinajstić information content (AvgIpc) is 2.57. The van der Waals surface area contributed by atoms with E-state index in [-0.39, 0.29) is 18.9 Å². The Kier molecular flexibility index (Phi) is 3.83. The molecule has 72 valence electrons. The Morgan fingerprint density at radius 3 is 3.08 bits per heavy atom. The van der Waals surface area contributed by atoms with Crippen molar-refractivity contribution >= 4 is 5.91 Å². The number of carbonyl (C=O) groups is 1. The molecule has 7 nitrogen and oxygen atoms in total. The van der Waals surface area contributed by atoms with Gasteiger partial charge in [-0.1, -0.05) is 5.21 Å². The van der Waals surface area contributed by atoms with Gasteiger partial charge in [-0.3, -0.25) is 4.79 Å². The van der Waals surface area contributed by atoms with Crippen LogP contribution in [0.4, 0.5) is 0 Å². The van der Waals surface area contributed by atoms with E-state index in [0.29, 0.717) is 18.8 Å². The van der Waals surface area contributed by atoms with E-state index in [1.165, 1.54) is 0 Å². The molecule has 0 radical (unpaired) electrons. The van der Waals surface area contributed by atoms with E-state index >= 15 is 0 Å². The summed E-state index contributed by atoms with van der Waals surface area (Å²) in [5.41, 5.74) is 0. The van der Waals surface area contributed by atoms with E-state index in [1.54, 1.807) is 0 Å². The lowest BCUT2D eigenvalue weighted by Crippen LogP contribution is -2.27. The Labute approximate surface area is 74.5 Å². The van der Waals surface area contributed by atoms with Gasteiger partial charge in [0.15, 0.2) is 5.82 Å². The molecule has 0 aliphatic carbocycles. The van der Waals surface area contributed by atoms with Crippen LogP contribution in [0, 0.1) is 0 Å². The summed E-state index contributed by atoms with van der Waals surface area (Å²) in [7, 11) is 0. The highest BCUT2D eigenvalue weighted by molar-refractivity contribution is 5.77. The van der Waals surface area contributed by atoms with Crippen LogP contribution in [0.25, 0.3) is 0 Å². The number of aromatic nitrogens is 4. The van der Waals surface area contributed by atoms with Gasteiger partial charge in [0.2, 0.25) is 5.91 Å². The van der Waals surface area contributed by atoms with Gasteiger partial charge in [0.25, 0.3) is 0 Å². The molecule has 1 heterocycles. The van der Waals surface area contributed by atoms with Crippen molar-refractivity contribution in [2.45, 2.75) is 12.8 Å². The van der Waals surface area contributed by atoms with E-state index in [1.807, 2.05) is 0 Å². The minimum Gasteiger partial charge on any atom is -0.396 e. The Hall–Kier alpha value is -1.50. The van der Waals surface area contributed by atoms with Crippen molar-refractivity contribution in [3.63, 3.8) is 0 Å². The Bertz CT molecular complexity index is 248. The van der Waals surface area contributed by atoms with Crippen molar-refractivity contribution in [3.8, 4) is 0 Å². The highest BCUT2D eigenvalue weighted by Crippen LogP contribution is 1.85. The largest absolute Gasteiger partial charge is 0.396 e. The maximum Gasteiger partial charge on any atom is 0.227 e. The van der Waals surface area contributed by atoms with E-state index in [4.69, 9.17) is 5.11 Å². The van der Waals surface area contributed by atoms with Crippen LogP contribution in [0.5, 0.6) is 0 Å². The maximum absolute atomic E-state index is 11.1. The Balaban J connectivity index is 2.18. The van der Waals surface area contributed by atoms with Crippen LogP contribution in [0.2, 0.25) is 0 Å². The highest BCUT2D eigenvalue weighted by atomic mass is 16.3. The number of carbonyl (C=O) groups excluding carboxylic acids is 1. The number of hydrogen-bond acceptors (Lipinski definition) is 5. The lowest BCUT2D eigenvalue weighted by Gasteiger charge is -2.00. The van der Waals surface area contributed by atoms with Crippen LogP contribution in [-0.4, -0.2) is 44.8 Å². The lowest BCUT2D eigenvalue weighted by molar-refractivity contribution is -0.120. The van der Waals surface area contributed by atoms with Gasteiger partial charge in [-0.05, 0) is 6.42 Å². The molecule has 0 atom stereocenters. The Morgan fingerprint density at radius 2 is 2.46 bits per heavy atom. The summed E-state index contributed by atoms with van der Waals surface area (Å²) < 4.78 is 0. The zero-order valence-electron chi connectivity index (χ0n) is 7.03. The number of aromatic amines is 1. The van der Waals surface area contributed by atoms with Crippen molar-refractivity contribution in [3.05, 3.63) is 5.82 Å². The van der Waals surface area contributed by atoms with Gasteiger partial charge in [-0.15, -0.1) is 10.2 Å². The molecule has 0 aromatic carbocycles. The topological polar surface area (TPSA) is 104 Å². The van der Waals surface area contributed by atoms with Crippen molar-refractivity contribution in [2.75, 3.05) is 13.2 Å². The summed E-state index contributed by atoms with van der Waals surface area (Å²) in [6, 6.07) is 0. The first-order chi connectivity index (χ1) is 6.33. The smallest absolute Gasteiger partial charge is 0.227 e. The third kappa shape index (κ3) is 3.61. The predicted molar refractivity (Wildman–Crippen MR) is 42.6 cm³/mol. The molecule has 1 rings (SSSR count). The zero-order chi connectivity index (χ0) is 9.52. The van der Waals surface area contributed by atoms with Gasteiger partial charge < -0.3 is 10.4 Å². The minimum atomic E-state index is -0.171. The molecule has 0 unspecified atom stereocenters. The zero-order valence-corrected chi connectivity index (χ0v) is 7.03. The molecule has 0 bridgehead atoms. The molecule has 1 aromatic heterocycles. The van der Waals surface area contributed by atoms with Crippen LogP contribution < -0.4 is 5.32 Å². The molecule has 0 saturated carbocycles. The van der Waals surface area contributed by atoms with Crippen LogP contribution in [-0.2, 0) is 11.2 Å². The summed E-state index contributed by atoms with van der Waals surface area (Å²) in [4.78, 5) is 11.1. The highest BCUT2D eigenvalue weighted by Gasteiger charge is 2.05. The van der Waals surface area contributed by atoms with Gasteiger partial charge in [-0.25, -0.2) is 0 Å². The van der Waals surface area contributed by atoms with Crippen LogP contribution in [0.1, 0.15) is 12.2 Å². The molecule has 13 heavy (non-hydrogen) atoms. The SMILES string of the molecule is O=C(Cc1nn[nH]n1)NCCCO. The molecule has 3 N–H and O–H groups in total. The van der Waals surface area contributed by atoms with Crippen molar-refractivity contribution in [1.29, 1.82) is 0 Å².